The summed E-state index contributed by atoms with van der Waals surface area (Å²) in [4.78, 5) is 0. The van der Waals surface area contributed by atoms with Crippen LogP contribution in [0.4, 0.5) is 5.69 Å². The first-order chi connectivity index (χ1) is 5.13. The fraction of sp³-hybridized carbons (Fsp3) is 0.500. The van der Waals surface area contributed by atoms with Crippen LogP contribution in [0.25, 0.3) is 0 Å². The highest BCUT2D eigenvalue weighted by molar-refractivity contribution is 5.32. The Kier molecular flexibility index (Phi) is 2.23. The lowest BCUT2D eigenvalue weighted by Crippen LogP contribution is -3.02. The zero-order valence-electron chi connectivity index (χ0n) is 6.50. The summed E-state index contributed by atoms with van der Waals surface area (Å²) in [6, 6.07) is 0. The molecule has 0 fully saturated rings. The van der Waals surface area contributed by atoms with Crippen molar-refractivity contribution in [1.29, 1.82) is 0 Å². The lowest BCUT2D eigenvalue weighted by molar-refractivity contribution is -1.19. The van der Waals surface area contributed by atoms with Crippen molar-refractivity contribution < 1.29 is 15.6 Å². The van der Waals surface area contributed by atoms with Crippen molar-refractivity contribution in [3.8, 4) is 0 Å². The molecule has 1 aromatic heterocycles. The van der Waals surface area contributed by atoms with E-state index in [9.17, 15) is 0 Å². The van der Waals surface area contributed by atoms with E-state index in [0.717, 1.165) is 5.69 Å². The van der Waals surface area contributed by atoms with Gasteiger partial charge in [0.05, 0.1) is 0 Å². The zero-order valence-corrected chi connectivity index (χ0v) is 6.50. The number of hydrogen-bond acceptors (Lipinski definition) is 3. The normalized spacial score (nSPS) is 11.5. The lowest BCUT2D eigenvalue weighted by Gasteiger charge is -2.03. The van der Waals surface area contributed by atoms with Crippen molar-refractivity contribution in [1.82, 2.24) is 10.2 Å². The number of aromatic amines is 1. The molecule has 0 saturated carbocycles. The zero-order chi connectivity index (χ0) is 8.43. The predicted molar refractivity (Wildman–Crippen MR) is 36.9 cm³/mol. The van der Waals surface area contributed by atoms with Gasteiger partial charge in [0.1, 0.15) is 11.9 Å². The molecule has 0 spiro atoms. The fourth-order valence-electron chi connectivity index (χ4n) is 0.914. The van der Waals surface area contributed by atoms with Gasteiger partial charge in [-0.25, -0.2) is 0 Å². The minimum absolute atomic E-state index is 0.210. The molecule has 0 amide bonds. The first kappa shape index (κ1) is 8.19. The van der Waals surface area contributed by atoms with Gasteiger partial charge in [-0.2, -0.15) is 15.5 Å². The van der Waals surface area contributed by atoms with E-state index in [0.29, 0.717) is 5.69 Å². The lowest BCUT2D eigenvalue weighted by atomic mass is 10.1. The van der Waals surface area contributed by atoms with Gasteiger partial charge < -0.3 is 0 Å². The smallest absolute Gasteiger partial charge is 0.238 e. The molecule has 5 heteroatoms. The third-order valence-electron chi connectivity index (χ3n) is 1.49. The van der Waals surface area contributed by atoms with Crippen molar-refractivity contribution in [3.63, 3.8) is 0 Å². The molecule has 1 heterocycles. The Labute approximate surface area is 64.2 Å². The molecule has 0 aromatic carbocycles. The van der Waals surface area contributed by atoms with Crippen LogP contribution in [0.1, 0.15) is 25.5 Å². The summed E-state index contributed by atoms with van der Waals surface area (Å²) in [5.74, 6) is 0.210. The summed E-state index contributed by atoms with van der Waals surface area (Å²) in [7, 11) is 0. The highest BCUT2D eigenvalue weighted by atomic mass is 16.8. The summed E-state index contributed by atoms with van der Waals surface area (Å²) >= 11 is 0. The SMILES string of the molecule is CC(C)c1[nH]ncc1[NH+](O)O. The van der Waals surface area contributed by atoms with Crippen LogP contribution in [-0.4, -0.2) is 20.6 Å². The Morgan fingerprint density at radius 2 is 2.18 bits per heavy atom. The van der Waals surface area contributed by atoms with Crippen LogP contribution < -0.4 is 5.23 Å². The van der Waals surface area contributed by atoms with Gasteiger partial charge in [0.25, 0.3) is 0 Å². The predicted octanol–water partition coefficient (Wildman–Crippen LogP) is -0.172. The van der Waals surface area contributed by atoms with E-state index in [1.165, 1.54) is 6.20 Å². The monoisotopic (exact) mass is 158 g/mol. The van der Waals surface area contributed by atoms with Crippen molar-refractivity contribution >= 4 is 5.69 Å². The van der Waals surface area contributed by atoms with Gasteiger partial charge in [-0.1, -0.05) is 13.8 Å². The second kappa shape index (κ2) is 3.00. The number of rotatable bonds is 2. The second-order valence-corrected chi connectivity index (χ2v) is 2.68. The molecule has 11 heavy (non-hydrogen) atoms. The molecule has 62 valence electrons. The Morgan fingerprint density at radius 3 is 2.55 bits per heavy atom. The topological polar surface area (TPSA) is 73.6 Å². The van der Waals surface area contributed by atoms with Crippen molar-refractivity contribution in [2.24, 2.45) is 0 Å². The van der Waals surface area contributed by atoms with E-state index >= 15 is 0 Å². The van der Waals surface area contributed by atoms with Gasteiger partial charge in [-0.3, -0.25) is 5.10 Å². The molecule has 1 aromatic rings. The molecule has 1 rings (SSSR count). The average molecular weight is 158 g/mol. The summed E-state index contributed by atoms with van der Waals surface area (Å²) in [5, 5.41) is 23.2. The quantitative estimate of drug-likeness (QED) is 0.451. The Bertz CT molecular complexity index is 209. The molecule has 0 aliphatic heterocycles. The van der Waals surface area contributed by atoms with Gasteiger partial charge in [-0.15, -0.1) is 0 Å². The van der Waals surface area contributed by atoms with E-state index in [-0.39, 0.29) is 5.92 Å². The molecule has 4 N–H and O–H groups in total. The molecule has 0 saturated heterocycles. The van der Waals surface area contributed by atoms with Gasteiger partial charge in [0.15, 0.2) is 0 Å². The molecular formula is C6H12N3O2+. The number of aromatic nitrogens is 2. The molecule has 0 atom stereocenters. The average Bonchev–Trinajstić information content (AvgIpc) is 2.32. The van der Waals surface area contributed by atoms with Crippen molar-refractivity contribution in [2.45, 2.75) is 19.8 Å². The van der Waals surface area contributed by atoms with E-state index in [1.54, 1.807) is 0 Å². The number of hydrogen-bond donors (Lipinski definition) is 4. The fourth-order valence-corrected chi connectivity index (χ4v) is 0.914. The molecule has 0 unspecified atom stereocenters. The van der Waals surface area contributed by atoms with E-state index < -0.39 is 5.23 Å². The molecule has 0 aliphatic rings. The van der Waals surface area contributed by atoms with Crippen LogP contribution in [0.3, 0.4) is 0 Å². The van der Waals surface area contributed by atoms with Crippen molar-refractivity contribution in [2.75, 3.05) is 0 Å². The highest BCUT2D eigenvalue weighted by Crippen LogP contribution is 2.16. The van der Waals surface area contributed by atoms with E-state index in [4.69, 9.17) is 10.4 Å². The summed E-state index contributed by atoms with van der Waals surface area (Å²) in [5.41, 5.74) is 1.12. The van der Waals surface area contributed by atoms with Crippen LogP contribution in [0.5, 0.6) is 0 Å². The third-order valence-corrected chi connectivity index (χ3v) is 1.49. The van der Waals surface area contributed by atoms with Crippen LogP contribution in [0.15, 0.2) is 6.20 Å². The number of nitrogens with one attached hydrogen (secondary N) is 2. The van der Waals surface area contributed by atoms with Crippen LogP contribution in [-0.2, 0) is 0 Å². The summed E-state index contributed by atoms with van der Waals surface area (Å²) in [6.45, 7) is 3.89. The minimum Gasteiger partial charge on any atom is -0.276 e. The maximum absolute atomic E-state index is 8.75. The number of nitrogens with zero attached hydrogens (tertiary/aromatic N) is 1. The molecule has 0 bridgehead atoms. The van der Waals surface area contributed by atoms with Crippen LogP contribution >= 0.6 is 0 Å². The van der Waals surface area contributed by atoms with Crippen molar-refractivity contribution in [3.05, 3.63) is 11.9 Å². The summed E-state index contributed by atoms with van der Waals surface area (Å²) in [6.07, 6.45) is 1.39. The molecule has 0 aliphatic carbocycles. The first-order valence-electron chi connectivity index (χ1n) is 3.41. The first-order valence-corrected chi connectivity index (χ1v) is 3.41. The van der Waals surface area contributed by atoms with E-state index in [2.05, 4.69) is 10.2 Å². The van der Waals surface area contributed by atoms with E-state index in [1.807, 2.05) is 13.8 Å². The standard InChI is InChI=1S/C6H11N3O2/c1-4(2)6-5(9(10)11)3-7-8-6/h3-4,10-11H,1-2H3,(H,7,8)/p+1. The molecule has 5 nitrogen and oxygen atoms in total. The van der Waals surface area contributed by atoms with Gasteiger partial charge in [-0.05, 0) is 5.23 Å². The maximum Gasteiger partial charge on any atom is 0.238 e. The third kappa shape index (κ3) is 1.56. The van der Waals surface area contributed by atoms with Crippen LogP contribution in [0, 0.1) is 0 Å². The number of quaternary nitrogens is 1. The molecular weight excluding hydrogens is 146 g/mol. The number of H-pyrrole nitrogens is 1. The van der Waals surface area contributed by atoms with Crippen LogP contribution in [0.2, 0.25) is 0 Å². The van der Waals surface area contributed by atoms with Gasteiger partial charge in [0, 0.05) is 5.92 Å². The summed E-state index contributed by atoms with van der Waals surface area (Å²) < 4.78 is 0. The maximum atomic E-state index is 8.75. The minimum atomic E-state index is -0.678. The Balaban J connectivity index is 2.96. The highest BCUT2D eigenvalue weighted by Gasteiger charge is 2.17. The molecule has 0 radical (unpaired) electrons. The Hall–Kier alpha value is -0.910. The van der Waals surface area contributed by atoms with Gasteiger partial charge in [0.2, 0.25) is 5.69 Å². The largest absolute Gasteiger partial charge is 0.276 e. The van der Waals surface area contributed by atoms with Gasteiger partial charge >= 0.3 is 0 Å². The second-order valence-electron chi connectivity index (χ2n) is 2.68. The Morgan fingerprint density at radius 1 is 1.55 bits per heavy atom.